The summed E-state index contributed by atoms with van der Waals surface area (Å²) in [6.07, 6.45) is 2.02. The topological polar surface area (TPSA) is 57.7 Å². The molecule has 0 radical (unpaired) electrons. The van der Waals surface area contributed by atoms with E-state index in [0.29, 0.717) is 24.7 Å². The fourth-order valence-electron chi connectivity index (χ4n) is 3.31. The fraction of sp³-hybridized carbons (Fsp3) is 0.350. The Morgan fingerprint density at radius 1 is 1.15 bits per heavy atom. The van der Waals surface area contributed by atoms with Crippen LogP contribution in [-0.2, 0) is 14.8 Å². The van der Waals surface area contributed by atoms with Crippen molar-refractivity contribution >= 4 is 33.2 Å². The van der Waals surface area contributed by atoms with E-state index >= 15 is 0 Å². The molecule has 5 nitrogen and oxygen atoms in total. The van der Waals surface area contributed by atoms with Crippen molar-refractivity contribution in [3.63, 3.8) is 0 Å². The van der Waals surface area contributed by atoms with Crippen LogP contribution in [0, 0.1) is 5.92 Å². The third kappa shape index (κ3) is 4.45. The van der Waals surface area contributed by atoms with Gasteiger partial charge in [0.25, 0.3) is 10.0 Å². The van der Waals surface area contributed by atoms with Crippen molar-refractivity contribution in [1.82, 2.24) is 4.90 Å². The van der Waals surface area contributed by atoms with E-state index in [2.05, 4.69) is 6.92 Å². The zero-order chi connectivity index (χ0) is 19.4. The van der Waals surface area contributed by atoms with E-state index in [1.54, 1.807) is 47.4 Å². The molecular weight excluding hydrogens is 384 g/mol. The van der Waals surface area contributed by atoms with Crippen LogP contribution in [0.25, 0.3) is 0 Å². The van der Waals surface area contributed by atoms with Gasteiger partial charge >= 0.3 is 0 Å². The van der Waals surface area contributed by atoms with Gasteiger partial charge < -0.3 is 4.90 Å². The number of rotatable bonds is 5. The van der Waals surface area contributed by atoms with Crippen LogP contribution in [-0.4, -0.2) is 38.9 Å². The van der Waals surface area contributed by atoms with Crippen LogP contribution in [0.5, 0.6) is 0 Å². The number of nitrogens with zero attached hydrogens (tertiary/aromatic N) is 2. The number of anilines is 1. The minimum Gasteiger partial charge on any atom is -0.341 e. The predicted molar refractivity (Wildman–Crippen MR) is 107 cm³/mol. The lowest BCUT2D eigenvalue weighted by atomic mass is 10.0. The molecule has 1 amide bonds. The summed E-state index contributed by atoms with van der Waals surface area (Å²) in [5.74, 6) is 0.211. The first-order valence-electron chi connectivity index (χ1n) is 8.99. The number of piperidine rings is 1. The molecule has 0 spiro atoms. The van der Waals surface area contributed by atoms with Gasteiger partial charge in [-0.15, -0.1) is 0 Å². The monoisotopic (exact) mass is 406 g/mol. The number of para-hydroxylation sites is 1. The largest absolute Gasteiger partial charge is 0.341 e. The maximum atomic E-state index is 13.3. The van der Waals surface area contributed by atoms with E-state index in [0.717, 1.165) is 17.1 Å². The van der Waals surface area contributed by atoms with E-state index in [-0.39, 0.29) is 22.4 Å². The molecule has 2 aromatic carbocycles. The van der Waals surface area contributed by atoms with Crippen molar-refractivity contribution in [3.05, 3.63) is 59.6 Å². The van der Waals surface area contributed by atoms with Crippen molar-refractivity contribution in [1.29, 1.82) is 0 Å². The number of benzene rings is 2. The molecule has 1 atom stereocenters. The number of carbonyl (C=O) groups is 1. The maximum Gasteiger partial charge on any atom is 0.264 e. The zero-order valence-electron chi connectivity index (χ0n) is 15.2. The number of likely N-dealkylation sites (tertiary alicyclic amines) is 1. The summed E-state index contributed by atoms with van der Waals surface area (Å²) >= 11 is 6.27. The Morgan fingerprint density at radius 3 is 2.48 bits per heavy atom. The SMILES string of the molecule is C[C@@H]1CCCN(C(=O)CN(c2ccccc2Cl)S(=O)(=O)c2ccccc2)C1. The number of amides is 1. The Balaban J connectivity index is 1.96. The predicted octanol–water partition coefficient (Wildman–Crippen LogP) is 3.79. The lowest BCUT2D eigenvalue weighted by Crippen LogP contribution is -2.46. The molecule has 3 rings (SSSR count). The fourth-order valence-corrected chi connectivity index (χ4v) is 5.05. The highest BCUT2D eigenvalue weighted by atomic mass is 35.5. The summed E-state index contributed by atoms with van der Waals surface area (Å²) < 4.78 is 27.6. The number of carbonyl (C=O) groups excluding carboxylic acids is 1. The Bertz CT molecular complexity index is 902. The van der Waals surface area contributed by atoms with Gasteiger partial charge in [0.05, 0.1) is 15.6 Å². The van der Waals surface area contributed by atoms with Crippen molar-refractivity contribution in [2.24, 2.45) is 5.92 Å². The number of hydrogen-bond donors (Lipinski definition) is 0. The molecule has 0 N–H and O–H groups in total. The number of sulfonamides is 1. The Hall–Kier alpha value is -2.05. The van der Waals surface area contributed by atoms with Crippen molar-refractivity contribution in [2.75, 3.05) is 23.9 Å². The molecular formula is C20H23ClN2O3S. The molecule has 7 heteroatoms. The highest BCUT2D eigenvalue weighted by Crippen LogP contribution is 2.30. The minimum atomic E-state index is -3.92. The summed E-state index contributed by atoms with van der Waals surface area (Å²) in [5, 5.41) is 0.289. The van der Waals surface area contributed by atoms with Gasteiger partial charge in [0.2, 0.25) is 5.91 Å². The molecule has 1 heterocycles. The van der Waals surface area contributed by atoms with Gasteiger partial charge in [-0.3, -0.25) is 9.10 Å². The van der Waals surface area contributed by atoms with Crippen LogP contribution in [0.4, 0.5) is 5.69 Å². The van der Waals surface area contributed by atoms with Gasteiger partial charge in [-0.2, -0.15) is 0 Å². The molecule has 0 aromatic heterocycles. The van der Waals surface area contributed by atoms with Gasteiger partial charge in [-0.25, -0.2) is 8.42 Å². The second-order valence-electron chi connectivity index (χ2n) is 6.86. The van der Waals surface area contributed by atoms with E-state index < -0.39 is 10.0 Å². The average molecular weight is 407 g/mol. The molecule has 27 heavy (non-hydrogen) atoms. The number of hydrogen-bond acceptors (Lipinski definition) is 3. The molecule has 1 aliphatic rings. The molecule has 0 bridgehead atoms. The standard InChI is InChI=1S/C20H23ClN2O3S/c1-16-8-7-13-22(14-16)20(24)15-23(19-12-6-5-11-18(19)21)27(25,26)17-9-3-2-4-10-17/h2-6,9-12,16H,7-8,13-15H2,1H3/t16-/m1/s1. The average Bonchev–Trinajstić information content (AvgIpc) is 2.67. The first-order valence-corrected chi connectivity index (χ1v) is 10.8. The van der Waals surface area contributed by atoms with Gasteiger partial charge in [0, 0.05) is 13.1 Å². The van der Waals surface area contributed by atoms with Crippen molar-refractivity contribution in [2.45, 2.75) is 24.7 Å². The first-order chi connectivity index (χ1) is 12.9. The normalized spacial score (nSPS) is 17.6. The summed E-state index contributed by atoms with van der Waals surface area (Å²) in [6.45, 7) is 3.14. The van der Waals surface area contributed by atoms with E-state index in [1.165, 1.54) is 12.1 Å². The third-order valence-corrected chi connectivity index (χ3v) is 6.83. The van der Waals surface area contributed by atoms with Gasteiger partial charge in [0.15, 0.2) is 0 Å². The van der Waals surface area contributed by atoms with E-state index in [9.17, 15) is 13.2 Å². The van der Waals surface area contributed by atoms with Gasteiger partial charge in [-0.1, -0.05) is 48.9 Å². The number of halogens is 1. The van der Waals surface area contributed by atoms with E-state index in [4.69, 9.17) is 11.6 Å². The second kappa shape index (κ2) is 8.31. The molecule has 0 saturated carbocycles. The second-order valence-corrected chi connectivity index (χ2v) is 9.13. The summed E-state index contributed by atoms with van der Waals surface area (Å²) in [4.78, 5) is 14.8. The lowest BCUT2D eigenvalue weighted by Gasteiger charge is -2.33. The van der Waals surface area contributed by atoms with Gasteiger partial charge in [0.1, 0.15) is 6.54 Å². The molecule has 1 aliphatic heterocycles. The molecule has 0 aliphatic carbocycles. The Labute approximate surface area is 165 Å². The van der Waals surface area contributed by atoms with E-state index in [1.807, 2.05) is 0 Å². The highest BCUT2D eigenvalue weighted by molar-refractivity contribution is 7.92. The van der Waals surface area contributed by atoms with Crippen LogP contribution in [0.2, 0.25) is 5.02 Å². The summed E-state index contributed by atoms with van der Waals surface area (Å²) in [6, 6.07) is 14.8. The van der Waals surface area contributed by atoms with Crippen LogP contribution < -0.4 is 4.31 Å². The van der Waals surface area contributed by atoms with Crippen LogP contribution in [0.3, 0.4) is 0 Å². The minimum absolute atomic E-state index is 0.129. The first kappa shape index (κ1) is 19.7. The summed E-state index contributed by atoms with van der Waals surface area (Å²) in [7, 11) is -3.92. The van der Waals surface area contributed by atoms with Gasteiger partial charge in [-0.05, 0) is 43.0 Å². The molecule has 1 fully saturated rings. The van der Waals surface area contributed by atoms with Crippen molar-refractivity contribution < 1.29 is 13.2 Å². The van der Waals surface area contributed by atoms with Crippen LogP contribution >= 0.6 is 11.6 Å². The zero-order valence-corrected chi connectivity index (χ0v) is 16.8. The third-order valence-electron chi connectivity index (χ3n) is 4.74. The molecule has 144 valence electrons. The maximum absolute atomic E-state index is 13.3. The summed E-state index contributed by atoms with van der Waals surface area (Å²) in [5.41, 5.74) is 0.307. The quantitative estimate of drug-likeness (QED) is 0.758. The van der Waals surface area contributed by atoms with Crippen LogP contribution in [0.1, 0.15) is 19.8 Å². The van der Waals surface area contributed by atoms with Crippen molar-refractivity contribution in [3.8, 4) is 0 Å². The highest BCUT2D eigenvalue weighted by Gasteiger charge is 2.31. The Kier molecular flexibility index (Phi) is 6.07. The Morgan fingerprint density at radius 2 is 1.81 bits per heavy atom. The molecule has 0 unspecified atom stereocenters. The van der Waals surface area contributed by atoms with Crippen LogP contribution in [0.15, 0.2) is 59.5 Å². The molecule has 1 saturated heterocycles. The smallest absolute Gasteiger partial charge is 0.264 e. The molecule has 2 aromatic rings. The lowest BCUT2D eigenvalue weighted by molar-refractivity contribution is -0.131.